The van der Waals surface area contributed by atoms with Crippen LogP contribution in [0.25, 0.3) is 0 Å². The number of hydrogen-bond donors (Lipinski definition) is 1. The van der Waals surface area contributed by atoms with E-state index < -0.39 is 10.0 Å². The number of benzene rings is 1. The number of carbonyl (C=O) groups excluding carboxylic acids is 1. The number of amides is 1. The number of nitrogens with zero attached hydrogens (tertiary/aromatic N) is 1. The first-order chi connectivity index (χ1) is 13.0. The predicted octanol–water partition coefficient (Wildman–Crippen LogP) is 3.03. The highest BCUT2D eigenvalue weighted by molar-refractivity contribution is 7.89. The van der Waals surface area contributed by atoms with Gasteiger partial charge in [-0.25, -0.2) is 8.42 Å². The molecule has 2 bridgehead atoms. The molecule has 0 aromatic heterocycles. The largest absolute Gasteiger partial charge is 0.356 e. The van der Waals surface area contributed by atoms with Crippen LogP contribution in [0, 0.1) is 23.7 Å². The van der Waals surface area contributed by atoms with Crippen LogP contribution in [0.3, 0.4) is 0 Å². The van der Waals surface area contributed by atoms with Gasteiger partial charge in [0.15, 0.2) is 0 Å². The lowest BCUT2D eigenvalue weighted by molar-refractivity contribution is -0.122. The lowest BCUT2D eigenvalue weighted by atomic mass is 9.86. The Morgan fingerprint density at radius 2 is 1.78 bits per heavy atom. The van der Waals surface area contributed by atoms with Gasteiger partial charge in [-0.15, -0.1) is 0 Å². The van der Waals surface area contributed by atoms with Crippen LogP contribution >= 0.6 is 0 Å². The van der Waals surface area contributed by atoms with E-state index in [-0.39, 0.29) is 5.91 Å². The van der Waals surface area contributed by atoms with Crippen LogP contribution in [-0.2, 0) is 14.8 Å². The molecule has 3 atom stereocenters. The number of piperidine rings is 1. The van der Waals surface area contributed by atoms with Crippen molar-refractivity contribution in [3.63, 3.8) is 0 Å². The molecule has 1 amide bonds. The lowest BCUT2D eigenvalue weighted by Crippen LogP contribution is -2.41. The maximum Gasteiger partial charge on any atom is 0.243 e. The molecule has 5 nitrogen and oxygen atoms in total. The second-order valence-electron chi connectivity index (χ2n) is 8.60. The summed E-state index contributed by atoms with van der Waals surface area (Å²) in [6.07, 6.45) is 7.56. The molecule has 4 rings (SSSR count). The molecule has 1 N–H and O–H groups in total. The maximum absolute atomic E-state index is 12.7. The molecule has 1 aromatic carbocycles. The van der Waals surface area contributed by atoms with Gasteiger partial charge in [0.2, 0.25) is 15.9 Å². The molecule has 3 fully saturated rings. The monoisotopic (exact) mass is 390 g/mol. The van der Waals surface area contributed by atoms with Gasteiger partial charge in [-0.2, -0.15) is 4.31 Å². The van der Waals surface area contributed by atoms with Crippen LogP contribution in [0.1, 0.15) is 44.9 Å². The molecule has 0 spiro atoms. The van der Waals surface area contributed by atoms with E-state index in [1.54, 1.807) is 28.6 Å². The Kier molecular flexibility index (Phi) is 5.55. The number of nitrogens with one attached hydrogen (secondary N) is 1. The molecule has 1 aliphatic heterocycles. The topological polar surface area (TPSA) is 66.5 Å². The Balaban J connectivity index is 1.21. The number of sulfonamides is 1. The van der Waals surface area contributed by atoms with Crippen molar-refractivity contribution in [1.29, 1.82) is 0 Å². The number of fused-ring (bicyclic) bond motifs is 2. The van der Waals surface area contributed by atoms with Gasteiger partial charge in [-0.05, 0) is 67.9 Å². The molecule has 1 aromatic rings. The van der Waals surface area contributed by atoms with Gasteiger partial charge in [0.05, 0.1) is 4.90 Å². The maximum atomic E-state index is 12.7. The molecule has 2 aliphatic carbocycles. The summed E-state index contributed by atoms with van der Waals surface area (Å²) >= 11 is 0. The van der Waals surface area contributed by atoms with E-state index in [4.69, 9.17) is 0 Å². The molecule has 2 saturated carbocycles. The van der Waals surface area contributed by atoms with Crippen LogP contribution in [0.15, 0.2) is 35.2 Å². The van der Waals surface area contributed by atoms with Gasteiger partial charge in [0, 0.05) is 26.1 Å². The molecule has 148 valence electrons. The Morgan fingerprint density at radius 1 is 1.04 bits per heavy atom. The third kappa shape index (κ3) is 4.21. The predicted molar refractivity (Wildman–Crippen MR) is 104 cm³/mol. The third-order valence-electron chi connectivity index (χ3n) is 6.87. The summed E-state index contributed by atoms with van der Waals surface area (Å²) in [6.45, 7) is 1.74. The van der Waals surface area contributed by atoms with E-state index in [0.717, 1.165) is 24.7 Å². The average molecular weight is 391 g/mol. The van der Waals surface area contributed by atoms with Crippen molar-refractivity contribution >= 4 is 15.9 Å². The Labute approximate surface area is 162 Å². The standard InChI is InChI=1S/C21H30N2O3S/c24-21(14-19-13-17-6-7-18(19)12-17)22-15-16-8-10-23(11-9-16)27(25,26)20-4-2-1-3-5-20/h1-5,16-19H,6-15H2,(H,22,24). The molecule has 6 heteroatoms. The zero-order chi connectivity index (χ0) is 18.9. The Bertz CT molecular complexity index is 757. The van der Waals surface area contributed by atoms with E-state index in [0.29, 0.717) is 42.8 Å². The fourth-order valence-electron chi connectivity index (χ4n) is 5.29. The van der Waals surface area contributed by atoms with Gasteiger partial charge < -0.3 is 5.32 Å². The number of hydrogen-bond acceptors (Lipinski definition) is 3. The summed E-state index contributed by atoms with van der Waals surface area (Å²) < 4.78 is 26.9. The summed E-state index contributed by atoms with van der Waals surface area (Å²) in [4.78, 5) is 12.7. The van der Waals surface area contributed by atoms with E-state index in [9.17, 15) is 13.2 Å². The quantitative estimate of drug-likeness (QED) is 0.812. The molecule has 1 saturated heterocycles. The van der Waals surface area contributed by atoms with Gasteiger partial charge in [0.1, 0.15) is 0 Å². The smallest absolute Gasteiger partial charge is 0.243 e. The average Bonchev–Trinajstić information content (AvgIpc) is 3.30. The van der Waals surface area contributed by atoms with Gasteiger partial charge >= 0.3 is 0 Å². The summed E-state index contributed by atoms with van der Waals surface area (Å²) in [5.41, 5.74) is 0. The first-order valence-corrected chi connectivity index (χ1v) is 11.8. The zero-order valence-electron chi connectivity index (χ0n) is 15.8. The minimum absolute atomic E-state index is 0.187. The summed E-state index contributed by atoms with van der Waals surface area (Å²) in [7, 11) is -3.39. The van der Waals surface area contributed by atoms with Crippen molar-refractivity contribution < 1.29 is 13.2 Å². The highest BCUT2D eigenvalue weighted by Crippen LogP contribution is 2.49. The van der Waals surface area contributed by atoms with Crippen LogP contribution in [-0.4, -0.2) is 38.3 Å². The Morgan fingerprint density at radius 3 is 2.41 bits per heavy atom. The van der Waals surface area contributed by atoms with E-state index >= 15 is 0 Å². The van der Waals surface area contributed by atoms with Crippen LogP contribution in [0.4, 0.5) is 0 Å². The van der Waals surface area contributed by atoms with Gasteiger partial charge in [-0.1, -0.05) is 24.6 Å². The van der Waals surface area contributed by atoms with Gasteiger partial charge in [0.25, 0.3) is 0 Å². The normalized spacial score (nSPS) is 29.1. The van der Waals surface area contributed by atoms with E-state index in [1.807, 2.05) is 6.07 Å². The zero-order valence-corrected chi connectivity index (χ0v) is 16.7. The van der Waals surface area contributed by atoms with Crippen molar-refractivity contribution in [2.75, 3.05) is 19.6 Å². The second kappa shape index (κ2) is 7.92. The third-order valence-corrected chi connectivity index (χ3v) is 8.79. The van der Waals surface area contributed by atoms with Crippen molar-refractivity contribution in [3.8, 4) is 0 Å². The van der Waals surface area contributed by atoms with Crippen LogP contribution < -0.4 is 5.32 Å². The summed E-state index contributed by atoms with van der Waals surface area (Å²) in [5.74, 6) is 2.82. The molecule has 3 unspecified atom stereocenters. The second-order valence-corrected chi connectivity index (χ2v) is 10.5. The molecule has 27 heavy (non-hydrogen) atoms. The summed E-state index contributed by atoms with van der Waals surface area (Å²) in [5, 5.41) is 3.12. The van der Waals surface area contributed by atoms with Crippen molar-refractivity contribution in [1.82, 2.24) is 9.62 Å². The van der Waals surface area contributed by atoms with Crippen molar-refractivity contribution in [2.24, 2.45) is 23.7 Å². The van der Waals surface area contributed by atoms with E-state index in [2.05, 4.69) is 5.32 Å². The molecular formula is C21H30N2O3S. The van der Waals surface area contributed by atoms with E-state index in [1.165, 1.54) is 25.7 Å². The first kappa shape index (κ1) is 18.9. The molecule has 0 radical (unpaired) electrons. The number of rotatable bonds is 6. The molecular weight excluding hydrogens is 360 g/mol. The van der Waals surface area contributed by atoms with Crippen molar-refractivity contribution in [3.05, 3.63) is 30.3 Å². The Hall–Kier alpha value is -1.40. The number of carbonyl (C=O) groups is 1. The molecule has 3 aliphatic rings. The SMILES string of the molecule is O=C(CC1CC2CCC1C2)NCC1CCN(S(=O)(=O)c2ccccc2)CC1. The highest BCUT2D eigenvalue weighted by Gasteiger charge is 2.40. The minimum Gasteiger partial charge on any atom is -0.356 e. The van der Waals surface area contributed by atoms with Crippen LogP contribution in [0.2, 0.25) is 0 Å². The highest BCUT2D eigenvalue weighted by atomic mass is 32.2. The van der Waals surface area contributed by atoms with Gasteiger partial charge in [-0.3, -0.25) is 4.79 Å². The lowest BCUT2D eigenvalue weighted by Gasteiger charge is -2.31. The van der Waals surface area contributed by atoms with Crippen molar-refractivity contribution in [2.45, 2.75) is 49.8 Å². The molecule has 1 heterocycles. The fraction of sp³-hybridized carbons (Fsp3) is 0.667. The summed E-state index contributed by atoms with van der Waals surface area (Å²) in [6, 6.07) is 8.63. The van der Waals surface area contributed by atoms with Crippen LogP contribution in [0.5, 0.6) is 0 Å². The minimum atomic E-state index is -3.39. The fourth-order valence-corrected chi connectivity index (χ4v) is 6.78. The first-order valence-electron chi connectivity index (χ1n) is 10.3.